The minimum atomic E-state index is -0.423. The average Bonchev–Trinajstić information content (AvgIpc) is 3.11. The van der Waals surface area contributed by atoms with Gasteiger partial charge in [-0.3, -0.25) is 4.79 Å². The van der Waals surface area contributed by atoms with Gasteiger partial charge in [0, 0.05) is 28.8 Å². The average molecular weight is 404 g/mol. The molecular formula is C19H18ClN3O3S. The van der Waals surface area contributed by atoms with Gasteiger partial charge in [-0.05, 0) is 36.6 Å². The van der Waals surface area contributed by atoms with Crippen LogP contribution >= 0.6 is 22.9 Å². The summed E-state index contributed by atoms with van der Waals surface area (Å²) in [5, 5.41) is 13.4. The second-order valence-electron chi connectivity index (χ2n) is 6.37. The van der Waals surface area contributed by atoms with Gasteiger partial charge in [-0.25, -0.2) is 0 Å². The van der Waals surface area contributed by atoms with Gasteiger partial charge in [0.2, 0.25) is 0 Å². The Morgan fingerprint density at radius 3 is 2.85 bits per heavy atom. The maximum atomic E-state index is 11.4. The number of fused-ring (bicyclic) bond motifs is 1. The zero-order valence-electron chi connectivity index (χ0n) is 14.7. The first-order chi connectivity index (χ1) is 13.1. The standard InChI is InChI=1S/C19H18ClN3O3S/c1-11(24)26-19-17-15(9-16(27-17)12-4-6-13(20)7-5-12)18(22-23-19)21-14-3-2-8-25-10-14/h4-7,9,14H,2-3,8,10H2,1H3,(H,21,22). The molecule has 1 aliphatic heterocycles. The van der Waals surface area contributed by atoms with Crippen molar-refractivity contribution in [3.05, 3.63) is 35.4 Å². The molecule has 2 aromatic heterocycles. The highest BCUT2D eigenvalue weighted by Gasteiger charge is 2.20. The number of nitrogens with one attached hydrogen (secondary N) is 1. The van der Waals surface area contributed by atoms with E-state index in [4.69, 9.17) is 21.1 Å². The summed E-state index contributed by atoms with van der Waals surface area (Å²) in [5.41, 5.74) is 1.03. The number of halogens is 1. The lowest BCUT2D eigenvalue weighted by molar-refractivity contribution is -0.132. The number of carbonyl (C=O) groups excluding carboxylic acids is 1. The molecule has 1 saturated heterocycles. The number of rotatable bonds is 4. The molecule has 4 rings (SSSR count). The maximum Gasteiger partial charge on any atom is 0.309 e. The van der Waals surface area contributed by atoms with Crippen LogP contribution in [0.1, 0.15) is 19.8 Å². The summed E-state index contributed by atoms with van der Waals surface area (Å²) in [6.07, 6.45) is 2.03. The van der Waals surface area contributed by atoms with Gasteiger partial charge in [-0.2, -0.15) is 0 Å². The zero-order valence-corrected chi connectivity index (χ0v) is 16.3. The summed E-state index contributed by atoms with van der Waals surface area (Å²) in [6.45, 7) is 2.79. The number of carbonyl (C=O) groups is 1. The van der Waals surface area contributed by atoms with Crippen LogP contribution < -0.4 is 10.1 Å². The number of ether oxygens (including phenoxy) is 2. The number of nitrogens with zero attached hydrogens (tertiary/aromatic N) is 2. The fraction of sp³-hybridized carbons (Fsp3) is 0.316. The highest BCUT2D eigenvalue weighted by Crippen LogP contribution is 2.40. The first-order valence-corrected chi connectivity index (χ1v) is 9.88. The van der Waals surface area contributed by atoms with E-state index >= 15 is 0 Å². The second kappa shape index (κ2) is 7.80. The molecule has 1 atom stereocenters. The van der Waals surface area contributed by atoms with Crippen LogP contribution in [-0.4, -0.2) is 35.4 Å². The summed E-state index contributed by atoms with van der Waals surface area (Å²) in [6, 6.07) is 9.85. The van der Waals surface area contributed by atoms with E-state index in [2.05, 4.69) is 15.5 Å². The van der Waals surface area contributed by atoms with Gasteiger partial charge in [-0.1, -0.05) is 23.7 Å². The first-order valence-electron chi connectivity index (χ1n) is 8.69. The minimum absolute atomic E-state index is 0.190. The van der Waals surface area contributed by atoms with Gasteiger partial charge in [0.05, 0.1) is 12.6 Å². The van der Waals surface area contributed by atoms with Crippen LogP contribution in [0.15, 0.2) is 30.3 Å². The van der Waals surface area contributed by atoms with Crippen LogP contribution in [0.4, 0.5) is 5.82 Å². The van der Waals surface area contributed by atoms with E-state index in [0.29, 0.717) is 17.4 Å². The molecule has 3 heterocycles. The van der Waals surface area contributed by atoms with Crippen LogP contribution in [-0.2, 0) is 9.53 Å². The maximum absolute atomic E-state index is 11.4. The van der Waals surface area contributed by atoms with Gasteiger partial charge in [0.25, 0.3) is 5.88 Å². The predicted molar refractivity (Wildman–Crippen MR) is 107 cm³/mol. The SMILES string of the molecule is CC(=O)Oc1nnc(NC2CCCOC2)c2cc(-c3ccc(Cl)cc3)sc12. The van der Waals surface area contributed by atoms with Crippen molar-refractivity contribution in [3.63, 3.8) is 0 Å². The van der Waals surface area contributed by atoms with E-state index in [1.165, 1.54) is 18.3 Å². The topological polar surface area (TPSA) is 73.3 Å². The third-order valence-corrected chi connectivity index (χ3v) is 5.72. The molecule has 6 nitrogen and oxygen atoms in total. The number of thiophene rings is 1. The van der Waals surface area contributed by atoms with Gasteiger partial charge in [0.1, 0.15) is 4.70 Å². The van der Waals surface area contributed by atoms with Crippen LogP contribution in [0.2, 0.25) is 5.02 Å². The van der Waals surface area contributed by atoms with Crippen molar-refractivity contribution in [3.8, 4) is 16.3 Å². The second-order valence-corrected chi connectivity index (χ2v) is 7.85. The monoisotopic (exact) mass is 403 g/mol. The van der Waals surface area contributed by atoms with Crippen molar-refractivity contribution >= 4 is 44.8 Å². The molecule has 0 aliphatic carbocycles. The van der Waals surface area contributed by atoms with Crippen molar-refractivity contribution in [1.29, 1.82) is 0 Å². The Labute approximate surface area is 165 Å². The third kappa shape index (κ3) is 4.05. The number of hydrogen-bond acceptors (Lipinski definition) is 7. The Bertz CT molecular complexity index is 968. The summed E-state index contributed by atoms with van der Waals surface area (Å²) in [7, 11) is 0. The fourth-order valence-electron chi connectivity index (χ4n) is 3.03. The molecule has 0 saturated carbocycles. The highest BCUT2D eigenvalue weighted by atomic mass is 35.5. The molecular weight excluding hydrogens is 386 g/mol. The van der Waals surface area contributed by atoms with E-state index in [0.717, 1.165) is 40.0 Å². The van der Waals surface area contributed by atoms with Crippen molar-refractivity contribution in [1.82, 2.24) is 10.2 Å². The van der Waals surface area contributed by atoms with E-state index in [1.807, 2.05) is 30.3 Å². The molecule has 0 bridgehead atoms. The summed E-state index contributed by atoms with van der Waals surface area (Å²) < 4.78 is 11.6. The Balaban J connectivity index is 1.76. The number of aromatic nitrogens is 2. The molecule has 1 aliphatic rings. The van der Waals surface area contributed by atoms with E-state index in [1.54, 1.807) is 0 Å². The number of hydrogen-bond donors (Lipinski definition) is 1. The van der Waals surface area contributed by atoms with Crippen molar-refractivity contribution in [2.45, 2.75) is 25.8 Å². The van der Waals surface area contributed by atoms with Gasteiger partial charge in [0.15, 0.2) is 5.82 Å². The molecule has 8 heteroatoms. The molecule has 1 aromatic carbocycles. The minimum Gasteiger partial charge on any atom is -0.404 e. The van der Waals surface area contributed by atoms with E-state index in [-0.39, 0.29) is 11.9 Å². The van der Waals surface area contributed by atoms with Gasteiger partial charge >= 0.3 is 5.97 Å². The van der Waals surface area contributed by atoms with Gasteiger partial charge in [-0.15, -0.1) is 21.5 Å². The Morgan fingerprint density at radius 2 is 2.15 bits per heavy atom. The number of anilines is 1. The first kappa shape index (κ1) is 18.2. The van der Waals surface area contributed by atoms with Gasteiger partial charge < -0.3 is 14.8 Å². The quantitative estimate of drug-likeness (QED) is 0.645. The van der Waals surface area contributed by atoms with Crippen molar-refractivity contribution in [2.75, 3.05) is 18.5 Å². The largest absolute Gasteiger partial charge is 0.404 e. The fourth-order valence-corrected chi connectivity index (χ4v) is 4.25. The molecule has 1 fully saturated rings. The summed E-state index contributed by atoms with van der Waals surface area (Å²) >= 11 is 7.51. The summed E-state index contributed by atoms with van der Waals surface area (Å²) in [4.78, 5) is 12.5. The number of esters is 1. The Kier molecular flexibility index (Phi) is 5.24. The van der Waals surface area contributed by atoms with Crippen LogP contribution in [0.5, 0.6) is 5.88 Å². The molecule has 1 N–H and O–H groups in total. The third-order valence-electron chi connectivity index (χ3n) is 4.29. The van der Waals surface area contributed by atoms with E-state index in [9.17, 15) is 4.79 Å². The van der Waals surface area contributed by atoms with E-state index < -0.39 is 5.97 Å². The normalized spacial score (nSPS) is 17.0. The zero-order chi connectivity index (χ0) is 18.8. The Hall–Kier alpha value is -2.22. The molecule has 0 amide bonds. The lowest BCUT2D eigenvalue weighted by atomic mass is 10.1. The van der Waals surface area contributed by atoms with Crippen LogP contribution in [0.3, 0.4) is 0 Å². The molecule has 0 radical (unpaired) electrons. The lowest BCUT2D eigenvalue weighted by Crippen LogP contribution is -2.30. The molecule has 1 unspecified atom stereocenters. The highest BCUT2D eigenvalue weighted by molar-refractivity contribution is 7.22. The molecule has 27 heavy (non-hydrogen) atoms. The van der Waals surface area contributed by atoms with Crippen molar-refractivity contribution < 1.29 is 14.3 Å². The van der Waals surface area contributed by atoms with Crippen LogP contribution in [0.25, 0.3) is 20.5 Å². The van der Waals surface area contributed by atoms with Crippen molar-refractivity contribution in [2.24, 2.45) is 0 Å². The number of benzene rings is 1. The summed E-state index contributed by atoms with van der Waals surface area (Å²) in [5.74, 6) is 0.481. The molecule has 0 spiro atoms. The van der Waals surface area contributed by atoms with Crippen LogP contribution in [0, 0.1) is 0 Å². The predicted octanol–water partition coefficient (Wildman–Crippen LogP) is 4.53. The molecule has 3 aromatic rings. The smallest absolute Gasteiger partial charge is 0.309 e. The Morgan fingerprint density at radius 1 is 1.33 bits per heavy atom. The molecule has 140 valence electrons. The lowest BCUT2D eigenvalue weighted by Gasteiger charge is -2.23.